The Morgan fingerprint density at radius 3 is 2.27 bits per heavy atom. The Balaban J connectivity index is 2.14. The molecule has 1 aliphatic rings. The van der Waals surface area contributed by atoms with Crippen LogP contribution in [0.5, 0.6) is 0 Å². The third kappa shape index (κ3) is 2.64. The van der Waals surface area contributed by atoms with E-state index in [1.54, 1.807) is 18.2 Å². The molecule has 1 heterocycles. The molecule has 0 amide bonds. The highest BCUT2D eigenvalue weighted by atomic mass is 32.2. The fourth-order valence-electron chi connectivity index (χ4n) is 2.69. The van der Waals surface area contributed by atoms with E-state index in [-0.39, 0.29) is 16.0 Å². The molecule has 0 N–H and O–H groups in total. The molecule has 0 atom stereocenters. The summed E-state index contributed by atoms with van der Waals surface area (Å²) in [6, 6.07) is 9.40. The third-order valence-electron chi connectivity index (χ3n) is 3.79. The van der Waals surface area contributed by atoms with Crippen LogP contribution in [0.2, 0.25) is 0 Å². The average molecular weight is 323 g/mol. The summed E-state index contributed by atoms with van der Waals surface area (Å²) in [6.07, 6.45) is 1.65. The van der Waals surface area contributed by atoms with Crippen LogP contribution in [0.1, 0.15) is 12.8 Å². The predicted octanol–water partition coefficient (Wildman–Crippen LogP) is 3.42. The number of rotatable bonds is 3. The first kappa shape index (κ1) is 15.1. The van der Waals surface area contributed by atoms with Gasteiger partial charge < -0.3 is 0 Å². The first-order valence-electron chi connectivity index (χ1n) is 7.05. The molecule has 3 nitrogen and oxygen atoms in total. The van der Waals surface area contributed by atoms with Gasteiger partial charge in [0.2, 0.25) is 10.0 Å². The molecule has 1 saturated heterocycles. The van der Waals surface area contributed by atoms with Crippen molar-refractivity contribution >= 4 is 10.0 Å². The normalized spacial score (nSPS) is 16.1. The van der Waals surface area contributed by atoms with Gasteiger partial charge in [0, 0.05) is 30.3 Å². The van der Waals surface area contributed by atoms with Crippen LogP contribution in [0.3, 0.4) is 0 Å². The van der Waals surface area contributed by atoms with Gasteiger partial charge in [-0.15, -0.1) is 0 Å². The molecule has 0 saturated carbocycles. The highest BCUT2D eigenvalue weighted by molar-refractivity contribution is 7.89. The fraction of sp³-hybridized carbons (Fsp3) is 0.250. The van der Waals surface area contributed by atoms with Crippen LogP contribution in [-0.2, 0) is 10.0 Å². The average Bonchev–Trinajstić information content (AvgIpc) is 3.02. The predicted molar refractivity (Wildman–Crippen MR) is 79.8 cm³/mol. The summed E-state index contributed by atoms with van der Waals surface area (Å²) in [5, 5.41) is 0. The number of hydrogen-bond acceptors (Lipinski definition) is 2. The lowest BCUT2D eigenvalue weighted by Crippen LogP contribution is -2.28. The second-order valence-corrected chi connectivity index (χ2v) is 7.14. The van der Waals surface area contributed by atoms with Crippen molar-refractivity contribution in [2.75, 3.05) is 13.1 Å². The molecule has 116 valence electrons. The van der Waals surface area contributed by atoms with Gasteiger partial charge in [-0.05, 0) is 31.0 Å². The van der Waals surface area contributed by atoms with Gasteiger partial charge in [0.25, 0.3) is 0 Å². The van der Waals surface area contributed by atoms with E-state index in [2.05, 4.69) is 0 Å². The van der Waals surface area contributed by atoms with Crippen LogP contribution >= 0.6 is 0 Å². The first-order valence-corrected chi connectivity index (χ1v) is 8.49. The van der Waals surface area contributed by atoms with Crippen molar-refractivity contribution in [3.63, 3.8) is 0 Å². The molecule has 0 aromatic heterocycles. The topological polar surface area (TPSA) is 37.4 Å². The van der Waals surface area contributed by atoms with E-state index >= 15 is 0 Å². The zero-order chi connectivity index (χ0) is 15.7. The molecular formula is C16H15F2NO2S. The summed E-state index contributed by atoms with van der Waals surface area (Å²) in [4.78, 5) is 0.0578. The molecule has 0 aliphatic carbocycles. The Morgan fingerprint density at radius 2 is 1.59 bits per heavy atom. The number of sulfonamides is 1. The number of halogens is 2. The molecule has 2 aromatic rings. The van der Waals surface area contributed by atoms with Gasteiger partial charge in [0.05, 0.1) is 4.90 Å². The van der Waals surface area contributed by atoms with E-state index in [1.165, 1.54) is 16.4 Å². The van der Waals surface area contributed by atoms with Gasteiger partial charge in [0.1, 0.15) is 11.6 Å². The summed E-state index contributed by atoms with van der Waals surface area (Å²) >= 11 is 0. The zero-order valence-electron chi connectivity index (χ0n) is 11.8. The lowest BCUT2D eigenvalue weighted by molar-refractivity contribution is 0.477. The maximum atomic E-state index is 14.0. The number of benzene rings is 2. The first-order chi connectivity index (χ1) is 10.5. The van der Waals surface area contributed by atoms with Crippen molar-refractivity contribution in [1.29, 1.82) is 0 Å². The maximum Gasteiger partial charge on any atom is 0.243 e. The molecule has 6 heteroatoms. The van der Waals surface area contributed by atoms with Crippen LogP contribution in [-0.4, -0.2) is 25.8 Å². The van der Waals surface area contributed by atoms with E-state index in [4.69, 9.17) is 0 Å². The maximum absolute atomic E-state index is 14.0. The largest absolute Gasteiger partial charge is 0.243 e. The second kappa shape index (κ2) is 5.78. The second-order valence-electron chi connectivity index (χ2n) is 5.23. The van der Waals surface area contributed by atoms with E-state index in [0.29, 0.717) is 13.1 Å². The van der Waals surface area contributed by atoms with Gasteiger partial charge >= 0.3 is 0 Å². The van der Waals surface area contributed by atoms with Crippen molar-refractivity contribution in [2.24, 2.45) is 0 Å². The lowest BCUT2D eigenvalue weighted by atomic mass is 10.1. The van der Waals surface area contributed by atoms with Crippen molar-refractivity contribution in [3.8, 4) is 11.1 Å². The van der Waals surface area contributed by atoms with E-state index < -0.39 is 21.7 Å². The monoisotopic (exact) mass is 323 g/mol. The summed E-state index contributed by atoms with van der Waals surface area (Å²) in [7, 11) is -3.67. The molecule has 1 fully saturated rings. The fourth-order valence-corrected chi connectivity index (χ4v) is 4.41. The molecular weight excluding hydrogens is 308 g/mol. The van der Waals surface area contributed by atoms with Crippen LogP contribution in [0.15, 0.2) is 47.4 Å². The lowest BCUT2D eigenvalue weighted by Gasteiger charge is -2.18. The number of hydrogen-bond donors (Lipinski definition) is 0. The molecule has 0 spiro atoms. The SMILES string of the molecule is O=S(=O)(c1ccccc1-c1ccc(F)cc1F)N1CCCC1. The van der Waals surface area contributed by atoms with Crippen molar-refractivity contribution in [2.45, 2.75) is 17.7 Å². The van der Waals surface area contributed by atoms with Crippen LogP contribution < -0.4 is 0 Å². The van der Waals surface area contributed by atoms with Crippen LogP contribution in [0.4, 0.5) is 8.78 Å². The summed E-state index contributed by atoms with van der Waals surface area (Å²) in [5.74, 6) is -1.47. The van der Waals surface area contributed by atoms with Gasteiger partial charge in [-0.25, -0.2) is 17.2 Å². The Bertz CT molecular complexity index is 800. The van der Waals surface area contributed by atoms with E-state index in [1.807, 2.05) is 0 Å². The number of nitrogens with zero attached hydrogens (tertiary/aromatic N) is 1. The highest BCUT2D eigenvalue weighted by Gasteiger charge is 2.29. The van der Waals surface area contributed by atoms with Crippen LogP contribution in [0.25, 0.3) is 11.1 Å². The Kier molecular flexibility index (Phi) is 3.97. The summed E-state index contributed by atoms with van der Waals surface area (Å²) in [5.41, 5.74) is 0.340. The Hall–Kier alpha value is -1.79. The standard InChI is InChI=1S/C16H15F2NO2S/c17-12-7-8-13(15(18)11-12)14-5-1-2-6-16(14)22(20,21)19-9-3-4-10-19/h1-2,5-8,11H,3-4,9-10H2. The van der Waals surface area contributed by atoms with Gasteiger partial charge in [-0.2, -0.15) is 4.31 Å². The summed E-state index contributed by atoms with van der Waals surface area (Å²) in [6.45, 7) is 0.950. The Morgan fingerprint density at radius 1 is 0.909 bits per heavy atom. The highest BCUT2D eigenvalue weighted by Crippen LogP contribution is 2.32. The smallest absolute Gasteiger partial charge is 0.207 e. The summed E-state index contributed by atoms with van der Waals surface area (Å²) < 4.78 is 54.0. The van der Waals surface area contributed by atoms with Gasteiger partial charge in [-0.3, -0.25) is 0 Å². The molecule has 1 aliphatic heterocycles. The minimum atomic E-state index is -3.67. The molecule has 2 aromatic carbocycles. The van der Waals surface area contributed by atoms with Crippen LogP contribution in [0, 0.1) is 11.6 Å². The van der Waals surface area contributed by atoms with E-state index in [9.17, 15) is 17.2 Å². The van der Waals surface area contributed by atoms with Gasteiger partial charge in [-0.1, -0.05) is 18.2 Å². The van der Waals surface area contributed by atoms with Gasteiger partial charge in [0.15, 0.2) is 0 Å². The minimum absolute atomic E-state index is 0.0578. The van der Waals surface area contributed by atoms with Crippen molar-refractivity contribution < 1.29 is 17.2 Å². The molecule has 22 heavy (non-hydrogen) atoms. The molecule has 3 rings (SSSR count). The third-order valence-corrected chi connectivity index (χ3v) is 5.75. The quantitative estimate of drug-likeness (QED) is 0.868. The molecule has 0 radical (unpaired) electrons. The zero-order valence-corrected chi connectivity index (χ0v) is 12.6. The molecule has 0 bridgehead atoms. The minimum Gasteiger partial charge on any atom is -0.207 e. The molecule has 0 unspecified atom stereocenters. The van der Waals surface area contributed by atoms with Crippen molar-refractivity contribution in [1.82, 2.24) is 4.31 Å². The Labute approximate surface area is 128 Å². The van der Waals surface area contributed by atoms with Crippen molar-refractivity contribution in [3.05, 3.63) is 54.1 Å². The van der Waals surface area contributed by atoms with E-state index in [0.717, 1.165) is 25.0 Å².